The molecule has 1 heterocycles. The van der Waals surface area contributed by atoms with Crippen molar-refractivity contribution in [3.05, 3.63) is 0 Å². The number of ether oxygens (including phenoxy) is 1. The quantitative estimate of drug-likeness (QED) is 0.805. The Morgan fingerprint density at radius 1 is 1.32 bits per heavy atom. The Morgan fingerprint density at radius 3 is 2.53 bits per heavy atom. The second-order valence-corrected chi connectivity index (χ2v) is 6.39. The Kier molecular flexibility index (Phi) is 4.32. The van der Waals surface area contributed by atoms with Gasteiger partial charge in [-0.3, -0.25) is 4.99 Å². The summed E-state index contributed by atoms with van der Waals surface area (Å²) in [7, 11) is 0. The summed E-state index contributed by atoms with van der Waals surface area (Å²) in [6.07, 6.45) is 3.89. The predicted octanol–water partition coefficient (Wildman–Crippen LogP) is 2.07. The molecule has 1 fully saturated rings. The van der Waals surface area contributed by atoms with Crippen molar-refractivity contribution < 1.29 is 9.53 Å². The molecule has 1 aliphatic carbocycles. The van der Waals surface area contributed by atoms with Gasteiger partial charge in [0.25, 0.3) is 0 Å². The number of carbonyl (C=O) groups excluding carboxylic acids is 1. The molecule has 5 nitrogen and oxygen atoms in total. The van der Waals surface area contributed by atoms with Crippen molar-refractivity contribution in [2.24, 2.45) is 10.9 Å². The van der Waals surface area contributed by atoms with Crippen LogP contribution in [0.15, 0.2) is 4.99 Å². The first-order valence-corrected chi connectivity index (χ1v) is 7.22. The maximum Gasteiger partial charge on any atom is 0.407 e. The zero-order chi connectivity index (χ0) is 13.9. The fraction of sp³-hybridized carbons (Fsp3) is 0.857. The van der Waals surface area contributed by atoms with E-state index in [1.165, 1.54) is 5.84 Å². The number of rotatable bonds is 2. The summed E-state index contributed by atoms with van der Waals surface area (Å²) >= 11 is 0. The lowest BCUT2D eigenvalue weighted by molar-refractivity contribution is 0.0490. The first-order valence-electron chi connectivity index (χ1n) is 7.22. The zero-order valence-corrected chi connectivity index (χ0v) is 12.2. The summed E-state index contributed by atoms with van der Waals surface area (Å²) < 4.78 is 5.28. The number of nitrogens with one attached hydrogen (secondary N) is 2. The van der Waals surface area contributed by atoms with Crippen LogP contribution in [-0.4, -0.2) is 36.7 Å². The van der Waals surface area contributed by atoms with Crippen molar-refractivity contribution in [2.45, 2.75) is 58.1 Å². The highest BCUT2D eigenvalue weighted by molar-refractivity contribution is 5.86. The van der Waals surface area contributed by atoms with Gasteiger partial charge >= 0.3 is 6.09 Å². The Labute approximate surface area is 115 Å². The van der Waals surface area contributed by atoms with Crippen molar-refractivity contribution in [2.75, 3.05) is 13.1 Å². The number of nitrogens with zero attached hydrogens (tertiary/aromatic N) is 1. The van der Waals surface area contributed by atoms with Crippen LogP contribution in [0.4, 0.5) is 4.79 Å². The van der Waals surface area contributed by atoms with Gasteiger partial charge in [-0.05, 0) is 46.5 Å². The number of amides is 1. The Bertz CT molecular complexity index is 352. The molecule has 1 aliphatic heterocycles. The van der Waals surface area contributed by atoms with Gasteiger partial charge in [0, 0.05) is 18.5 Å². The van der Waals surface area contributed by atoms with E-state index in [4.69, 9.17) is 4.74 Å². The maximum absolute atomic E-state index is 11.7. The molecule has 0 aromatic carbocycles. The number of hydrogen-bond donors (Lipinski definition) is 2. The highest BCUT2D eigenvalue weighted by atomic mass is 16.6. The predicted molar refractivity (Wildman–Crippen MR) is 75.4 cm³/mol. The topological polar surface area (TPSA) is 62.7 Å². The van der Waals surface area contributed by atoms with Crippen molar-refractivity contribution in [3.8, 4) is 0 Å². The first-order chi connectivity index (χ1) is 8.94. The number of aliphatic imine (C=N–C) groups is 1. The minimum absolute atomic E-state index is 0.244. The van der Waals surface area contributed by atoms with E-state index >= 15 is 0 Å². The highest BCUT2D eigenvalue weighted by Gasteiger charge is 2.27. The Morgan fingerprint density at radius 2 is 2.00 bits per heavy atom. The Balaban J connectivity index is 1.73. The maximum atomic E-state index is 11.7. The molecule has 2 rings (SSSR count). The minimum atomic E-state index is -0.427. The molecule has 108 valence electrons. The van der Waals surface area contributed by atoms with E-state index in [0.29, 0.717) is 5.92 Å². The number of hydrogen-bond acceptors (Lipinski definition) is 4. The molecule has 0 radical (unpaired) electrons. The molecule has 0 bridgehead atoms. The molecule has 0 aromatic heterocycles. The van der Waals surface area contributed by atoms with E-state index in [1.807, 2.05) is 20.8 Å². The average Bonchev–Trinajstić information content (AvgIpc) is 2.80. The zero-order valence-electron chi connectivity index (χ0n) is 12.2. The van der Waals surface area contributed by atoms with Crippen molar-refractivity contribution in [1.29, 1.82) is 0 Å². The normalized spacial score (nSPS) is 27.4. The first kappa shape index (κ1) is 14.2. The third kappa shape index (κ3) is 4.40. The Hall–Kier alpha value is -1.26. The van der Waals surface area contributed by atoms with Crippen LogP contribution in [0.2, 0.25) is 0 Å². The van der Waals surface area contributed by atoms with Gasteiger partial charge in [0.05, 0.1) is 12.4 Å². The van der Waals surface area contributed by atoms with E-state index in [2.05, 4.69) is 15.6 Å². The summed E-state index contributed by atoms with van der Waals surface area (Å²) in [6.45, 7) is 7.53. The number of amidine groups is 1. The fourth-order valence-electron chi connectivity index (χ4n) is 2.68. The van der Waals surface area contributed by atoms with Gasteiger partial charge in [-0.1, -0.05) is 0 Å². The van der Waals surface area contributed by atoms with Crippen LogP contribution in [0.5, 0.6) is 0 Å². The van der Waals surface area contributed by atoms with Gasteiger partial charge in [0.15, 0.2) is 0 Å². The average molecular weight is 267 g/mol. The van der Waals surface area contributed by atoms with Gasteiger partial charge in [-0.2, -0.15) is 0 Å². The lowest BCUT2D eigenvalue weighted by Gasteiger charge is -2.30. The second-order valence-electron chi connectivity index (χ2n) is 6.39. The summed E-state index contributed by atoms with van der Waals surface area (Å²) in [4.78, 5) is 16.2. The van der Waals surface area contributed by atoms with Crippen LogP contribution in [0, 0.1) is 5.92 Å². The molecule has 0 atom stereocenters. The summed E-state index contributed by atoms with van der Waals surface area (Å²) in [5.41, 5.74) is -0.427. The molecule has 2 N–H and O–H groups in total. The van der Waals surface area contributed by atoms with Crippen LogP contribution in [-0.2, 0) is 4.74 Å². The van der Waals surface area contributed by atoms with E-state index in [0.717, 1.165) is 38.8 Å². The third-order valence-corrected chi connectivity index (χ3v) is 3.53. The summed E-state index contributed by atoms with van der Waals surface area (Å²) in [6, 6.07) is 0.244. The lowest BCUT2D eigenvalue weighted by atomic mass is 9.85. The molecule has 2 aliphatic rings. The molecule has 0 aromatic rings. The molecular weight excluding hydrogens is 242 g/mol. The minimum Gasteiger partial charge on any atom is -0.444 e. The lowest BCUT2D eigenvalue weighted by Crippen LogP contribution is -2.42. The third-order valence-electron chi connectivity index (χ3n) is 3.53. The van der Waals surface area contributed by atoms with E-state index in [-0.39, 0.29) is 12.1 Å². The summed E-state index contributed by atoms with van der Waals surface area (Å²) in [5.74, 6) is 1.73. The van der Waals surface area contributed by atoms with E-state index < -0.39 is 5.60 Å². The smallest absolute Gasteiger partial charge is 0.407 e. The molecular formula is C14H25N3O2. The van der Waals surface area contributed by atoms with Crippen LogP contribution < -0.4 is 10.6 Å². The van der Waals surface area contributed by atoms with E-state index in [9.17, 15) is 4.79 Å². The van der Waals surface area contributed by atoms with Crippen LogP contribution in [0.1, 0.15) is 46.5 Å². The summed E-state index contributed by atoms with van der Waals surface area (Å²) in [5, 5.41) is 6.32. The number of alkyl carbamates (subject to hydrolysis) is 1. The molecule has 0 spiro atoms. The van der Waals surface area contributed by atoms with Gasteiger partial charge in [0.2, 0.25) is 0 Å². The highest BCUT2D eigenvalue weighted by Crippen LogP contribution is 2.26. The van der Waals surface area contributed by atoms with Gasteiger partial charge in [-0.25, -0.2) is 4.79 Å². The number of carbonyl (C=O) groups is 1. The van der Waals surface area contributed by atoms with Gasteiger partial charge in [-0.15, -0.1) is 0 Å². The van der Waals surface area contributed by atoms with Gasteiger partial charge < -0.3 is 15.4 Å². The molecule has 5 heteroatoms. The van der Waals surface area contributed by atoms with E-state index in [1.54, 1.807) is 0 Å². The monoisotopic (exact) mass is 267 g/mol. The molecule has 0 saturated heterocycles. The SMILES string of the molecule is CC(C)(C)OC(=O)NC1CCC(C2=NCCN2)CC1. The van der Waals surface area contributed by atoms with Crippen LogP contribution in [0.3, 0.4) is 0 Å². The molecule has 1 amide bonds. The fourth-order valence-corrected chi connectivity index (χ4v) is 2.68. The van der Waals surface area contributed by atoms with Crippen LogP contribution >= 0.6 is 0 Å². The van der Waals surface area contributed by atoms with Gasteiger partial charge in [0.1, 0.15) is 5.60 Å². The standard InChI is InChI=1S/C14H25N3O2/c1-14(2,3)19-13(18)17-11-6-4-10(5-7-11)12-15-8-9-16-12/h10-11H,4-9H2,1-3H3,(H,15,16)(H,17,18). The molecule has 0 unspecified atom stereocenters. The van der Waals surface area contributed by atoms with Crippen molar-refractivity contribution in [3.63, 3.8) is 0 Å². The second kappa shape index (κ2) is 5.80. The van der Waals surface area contributed by atoms with Crippen LogP contribution in [0.25, 0.3) is 0 Å². The molecule has 19 heavy (non-hydrogen) atoms. The molecule has 1 saturated carbocycles. The van der Waals surface area contributed by atoms with Crippen molar-refractivity contribution >= 4 is 11.9 Å². The largest absolute Gasteiger partial charge is 0.444 e. The van der Waals surface area contributed by atoms with Crippen molar-refractivity contribution in [1.82, 2.24) is 10.6 Å².